The maximum atomic E-state index is 5.80. The standard InChI is InChI=1S/C15H22N2S/c1-10-6-8-12(9-7-10)17-14-11(2)4-3-5-13(14)15(16)18/h3-5,10,12,17H,6-9H2,1-2H3,(H2,16,18). The molecule has 0 saturated heterocycles. The molecule has 0 heterocycles. The zero-order valence-corrected chi connectivity index (χ0v) is 12.0. The summed E-state index contributed by atoms with van der Waals surface area (Å²) in [6.07, 6.45) is 5.11. The predicted molar refractivity (Wildman–Crippen MR) is 82.1 cm³/mol. The van der Waals surface area contributed by atoms with E-state index in [1.807, 2.05) is 12.1 Å². The van der Waals surface area contributed by atoms with Crippen LogP contribution in [0.4, 0.5) is 5.69 Å². The molecule has 2 rings (SSSR count). The molecule has 0 spiro atoms. The molecular formula is C15H22N2S. The third kappa shape index (κ3) is 3.02. The van der Waals surface area contributed by atoms with E-state index in [-0.39, 0.29) is 0 Å². The van der Waals surface area contributed by atoms with E-state index in [1.165, 1.54) is 31.2 Å². The van der Waals surface area contributed by atoms with Crippen LogP contribution < -0.4 is 11.1 Å². The van der Waals surface area contributed by atoms with Crippen LogP contribution in [-0.2, 0) is 0 Å². The maximum Gasteiger partial charge on any atom is 0.106 e. The summed E-state index contributed by atoms with van der Waals surface area (Å²) in [4.78, 5) is 0.477. The molecule has 98 valence electrons. The van der Waals surface area contributed by atoms with Gasteiger partial charge in [0, 0.05) is 17.3 Å². The van der Waals surface area contributed by atoms with Crippen LogP contribution in [0.15, 0.2) is 18.2 Å². The Hall–Kier alpha value is -1.09. The lowest BCUT2D eigenvalue weighted by Gasteiger charge is -2.29. The number of benzene rings is 1. The SMILES string of the molecule is Cc1cccc(C(N)=S)c1NC1CCC(C)CC1. The summed E-state index contributed by atoms with van der Waals surface area (Å²) < 4.78 is 0. The van der Waals surface area contributed by atoms with Crippen molar-refractivity contribution < 1.29 is 0 Å². The molecule has 0 aliphatic heterocycles. The summed E-state index contributed by atoms with van der Waals surface area (Å²) >= 11 is 5.13. The fourth-order valence-electron chi connectivity index (χ4n) is 2.67. The van der Waals surface area contributed by atoms with Crippen molar-refractivity contribution in [1.82, 2.24) is 0 Å². The Bertz CT molecular complexity index is 434. The lowest BCUT2D eigenvalue weighted by Crippen LogP contribution is -2.27. The van der Waals surface area contributed by atoms with Gasteiger partial charge >= 0.3 is 0 Å². The molecule has 1 aliphatic rings. The van der Waals surface area contributed by atoms with E-state index in [0.717, 1.165) is 17.2 Å². The molecule has 1 aromatic rings. The van der Waals surface area contributed by atoms with Crippen molar-refractivity contribution in [3.63, 3.8) is 0 Å². The van der Waals surface area contributed by atoms with Crippen LogP contribution in [0.5, 0.6) is 0 Å². The molecule has 0 amide bonds. The van der Waals surface area contributed by atoms with Crippen LogP contribution in [0, 0.1) is 12.8 Å². The van der Waals surface area contributed by atoms with E-state index in [1.54, 1.807) is 0 Å². The highest BCUT2D eigenvalue weighted by atomic mass is 32.1. The van der Waals surface area contributed by atoms with Gasteiger partial charge in [-0.25, -0.2) is 0 Å². The highest BCUT2D eigenvalue weighted by Crippen LogP contribution is 2.28. The normalized spacial score (nSPS) is 23.7. The molecule has 1 aliphatic carbocycles. The van der Waals surface area contributed by atoms with Crippen LogP contribution >= 0.6 is 12.2 Å². The van der Waals surface area contributed by atoms with Gasteiger partial charge in [0.2, 0.25) is 0 Å². The summed E-state index contributed by atoms with van der Waals surface area (Å²) in [5.74, 6) is 0.870. The number of para-hydroxylation sites is 1. The molecule has 3 N–H and O–H groups in total. The monoisotopic (exact) mass is 262 g/mol. The molecule has 18 heavy (non-hydrogen) atoms. The van der Waals surface area contributed by atoms with Gasteiger partial charge in [0.05, 0.1) is 0 Å². The first-order valence-corrected chi connectivity index (χ1v) is 7.14. The van der Waals surface area contributed by atoms with E-state index in [0.29, 0.717) is 11.0 Å². The molecule has 0 bridgehead atoms. The number of hydrogen-bond donors (Lipinski definition) is 2. The lowest BCUT2D eigenvalue weighted by molar-refractivity contribution is 0.361. The number of hydrogen-bond acceptors (Lipinski definition) is 2. The summed E-state index contributed by atoms with van der Waals surface area (Å²) in [6, 6.07) is 6.69. The van der Waals surface area contributed by atoms with Gasteiger partial charge in [0.25, 0.3) is 0 Å². The van der Waals surface area contributed by atoms with Gasteiger partial charge in [-0.2, -0.15) is 0 Å². The molecule has 0 unspecified atom stereocenters. The van der Waals surface area contributed by atoms with Crippen molar-refractivity contribution in [2.75, 3.05) is 5.32 Å². The van der Waals surface area contributed by atoms with Crippen molar-refractivity contribution in [2.24, 2.45) is 11.7 Å². The molecule has 1 aromatic carbocycles. The summed E-state index contributed by atoms with van der Waals surface area (Å²) in [5.41, 5.74) is 9.13. The van der Waals surface area contributed by atoms with Crippen LogP contribution in [0.3, 0.4) is 0 Å². The summed E-state index contributed by atoms with van der Waals surface area (Å²) in [7, 11) is 0. The molecule has 1 fully saturated rings. The van der Waals surface area contributed by atoms with Gasteiger partial charge in [-0.3, -0.25) is 0 Å². The number of thiocarbonyl (C=S) groups is 1. The Balaban J connectivity index is 2.15. The van der Waals surface area contributed by atoms with E-state index < -0.39 is 0 Å². The Kier molecular flexibility index (Phi) is 4.23. The number of nitrogens with one attached hydrogen (secondary N) is 1. The molecular weight excluding hydrogens is 240 g/mol. The molecule has 0 radical (unpaired) electrons. The minimum absolute atomic E-state index is 0.477. The average Bonchev–Trinajstić information content (AvgIpc) is 2.34. The fourth-order valence-corrected chi connectivity index (χ4v) is 2.84. The first-order chi connectivity index (χ1) is 8.58. The number of nitrogens with two attached hydrogens (primary N) is 1. The van der Waals surface area contributed by atoms with Gasteiger partial charge in [0.1, 0.15) is 4.99 Å². The van der Waals surface area contributed by atoms with E-state index in [4.69, 9.17) is 18.0 Å². The van der Waals surface area contributed by atoms with E-state index in [9.17, 15) is 0 Å². The molecule has 2 nitrogen and oxygen atoms in total. The topological polar surface area (TPSA) is 38.0 Å². The van der Waals surface area contributed by atoms with Gasteiger partial charge in [-0.15, -0.1) is 0 Å². The first kappa shape index (κ1) is 13.3. The third-order valence-electron chi connectivity index (χ3n) is 3.90. The Morgan fingerprint density at radius 2 is 1.94 bits per heavy atom. The smallest absolute Gasteiger partial charge is 0.106 e. The molecule has 0 aromatic heterocycles. The van der Waals surface area contributed by atoms with Crippen molar-refractivity contribution in [3.05, 3.63) is 29.3 Å². The van der Waals surface area contributed by atoms with Crippen LogP contribution in [-0.4, -0.2) is 11.0 Å². The Morgan fingerprint density at radius 1 is 1.28 bits per heavy atom. The summed E-state index contributed by atoms with van der Waals surface area (Å²) in [6.45, 7) is 4.44. The Labute approximate surface area is 115 Å². The molecule has 1 saturated carbocycles. The van der Waals surface area contributed by atoms with Crippen molar-refractivity contribution >= 4 is 22.9 Å². The van der Waals surface area contributed by atoms with E-state index in [2.05, 4.69) is 25.2 Å². The van der Waals surface area contributed by atoms with Crippen LogP contribution in [0.1, 0.15) is 43.7 Å². The zero-order chi connectivity index (χ0) is 13.1. The molecule has 3 heteroatoms. The van der Waals surface area contributed by atoms with Gasteiger partial charge in [-0.05, 0) is 50.2 Å². The lowest BCUT2D eigenvalue weighted by atomic mass is 9.87. The number of aryl methyl sites for hydroxylation is 1. The second kappa shape index (κ2) is 5.70. The minimum atomic E-state index is 0.477. The zero-order valence-electron chi connectivity index (χ0n) is 11.2. The number of rotatable bonds is 3. The quantitative estimate of drug-likeness (QED) is 0.817. The van der Waals surface area contributed by atoms with Crippen molar-refractivity contribution in [3.8, 4) is 0 Å². The second-order valence-corrected chi connectivity index (χ2v) is 5.90. The number of anilines is 1. The Morgan fingerprint density at radius 3 is 2.56 bits per heavy atom. The van der Waals surface area contributed by atoms with Gasteiger partial charge < -0.3 is 11.1 Å². The second-order valence-electron chi connectivity index (χ2n) is 5.46. The fraction of sp³-hybridized carbons (Fsp3) is 0.533. The summed E-state index contributed by atoms with van der Waals surface area (Å²) in [5, 5.41) is 3.65. The highest BCUT2D eigenvalue weighted by molar-refractivity contribution is 7.80. The van der Waals surface area contributed by atoms with E-state index >= 15 is 0 Å². The largest absolute Gasteiger partial charge is 0.389 e. The first-order valence-electron chi connectivity index (χ1n) is 6.74. The van der Waals surface area contributed by atoms with Gasteiger partial charge in [-0.1, -0.05) is 31.3 Å². The average molecular weight is 262 g/mol. The molecule has 0 atom stereocenters. The highest BCUT2D eigenvalue weighted by Gasteiger charge is 2.19. The minimum Gasteiger partial charge on any atom is -0.389 e. The maximum absolute atomic E-state index is 5.80. The van der Waals surface area contributed by atoms with Crippen LogP contribution in [0.25, 0.3) is 0 Å². The van der Waals surface area contributed by atoms with Crippen molar-refractivity contribution in [1.29, 1.82) is 0 Å². The van der Waals surface area contributed by atoms with Crippen molar-refractivity contribution in [2.45, 2.75) is 45.6 Å². The third-order valence-corrected chi connectivity index (χ3v) is 4.12. The van der Waals surface area contributed by atoms with Crippen LogP contribution in [0.2, 0.25) is 0 Å². The predicted octanol–water partition coefficient (Wildman–Crippen LogP) is 3.62. The van der Waals surface area contributed by atoms with Gasteiger partial charge in [0.15, 0.2) is 0 Å².